The van der Waals surface area contributed by atoms with Crippen LogP contribution in [0.4, 0.5) is 0 Å². The number of Topliss-reactive ketones (excluding diaryl/α,β-unsaturated/α-hetero) is 2. The van der Waals surface area contributed by atoms with Gasteiger partial charge in [0.25, 0.3) is 0 Å². The molecule has 0 saturated carbocycles. The summed E-state index contributed by atoms with van der Waals surface area (Å²) in [6, 6.07) is 4.13. The number of carbonyl (C=O) groups is 2. The van der Waals surface area contributed by atoms with Crippen LogP contribution in [0.25, 0.3) is 0 Å². The van der Waals surface area contributed by atoms with Crippen LogP contribution in [-0.2, 0) is 33.5 Å². The number of aromatic nitrogens is 2. The third-order valence-electron chi connectivity index (χ3n) is 7.65. The fraction of sp³-hybridized carbons (Fsp3) is 0.571. The minimum Gasteiger partial charge on any atom is -0.322 e. The number of hydrogen-bond donors (Lipinski definition) is 2. The van der Waals surface area contributed by atoms with E-state index in [9.17, 15) is 9.59 Å². The van der Waals surface area contributed by atoms with Gasteiger partial charge in [-0.3, -0.25) is 9.59 Å². The summed E-state index contributed by atoms with van der Waals surface area (Å²) in [7, 11) is 0. The topological polar surface area (TPSA) is 44.0 Å². The molecule has 4 nitrogen and oxygen atoms in total. The van der Waals surface area contributed by atoms with Gasteiger partial charge >= 0.3 is 0 Å². The van der Waals surface area contributed by atoms with Crippen molar-refractivity contribution in [3.05, 3.63) is 32.5 Å². The summed E-state index contributed by atoms with van der Waals surface area (Å²) >= 11 is 24.7. The van der Waals surface area contributed by atoms with Crippen molar-refractivity contribution in [2.24, 2.45) is 0 Å². The second-order valence-electron chi connectivity index (χ2n) is 11.4. The third kappa shape index (κ3) is 6.51. The number of hydrogen-bond acceptors (Lipinski definition) is 8. The van der Waals surface area contributed by atoms with Gasteiger partial charge in [0.2, 0.25) is 0 Å². The Morgan fingerprint density at radius 2 is 1.13 bits per heavy atom. The fourth-order valence-corrected chi connectivity index (χ4v) is 10.1. The minimum atomic E-state index is -0.335. The highest BCUT2D eigenvalue weighted by molar-refractivity contribution is 8.00. The van der Waals surface area contributed by atoms with Gasteiger partial charge < -0.3 is 9.13 Å². The quantitative estimate of drug-likeness (QED) is 0.194. The van der Waals surface area contributed by atoms with E-state index in [2.05, 4.69) is 49.0 Å². The molecule has 10 heteroatoms. The van der Waals surface area contributed by atoms with Crippen LogP contribution in [0.2, 0.25) is 0 Å². The van der Waals surface area contributed by atoms with E-state index in [0.29, 0.717) is 25.7 Å². The molecule has 0 aromatic carbocycles. The van der Waals surface area contributed by atoms with E-state index in [0.717, 1.165) is 43.7 Å². The maximum absolute atomic E-state index is 12.8. The molecule has 2 aliphatic heterocycles. The molecule has 0 radical (unpaired) electrons. The van der Waals surface area contributed by atoms with Gasteiger partial charge in [-0.05, 0) is 76.6 Å². The molecule has 0 spiro atoms. The van der Waals surface area contributed by atoms with Gasteiger partial charge in [0.1, 0.15) is 20.8 Å². The smallest absolute Gasteiger partial charge is 0.133 e. The molecule has 0 unspecified atom stereocenters. The molecule has 0 atom stereocenters. The van der Waals surface area contributed by atoms with Crippen molar-refractivity contribution < 1.29 is 9.59 Å². The van der Waals surface area contributed by atoms with Crippen LogP contribution in [0, 0.1) is 9.28 Å². The van der Waals surface area contributed by atoms with E-state index >= 15 is 0 Å². The lowest BCUT2D eigenvalue weighted by Crippen LogP contribution is -2.30. The van der Waals surface area contributed by atoms with Crippen LogP contribution in [-0.4, -0.2) is 32.2 Å². The SMILES string of the molecule is CC(C)(CCC(=O)CCC(=O)CCC(C)(C)n1c(S)c2c(cc1=S)SCC2)n1c(S)c2c(cc1=S)SCC2. The van der Waals surface area contributed by atoms with Crippen LogP contribution in [0.3, 0.4) is 0 Å². The second kappa shape index (κ2) is 12.1. The minimum absolute atomic E-state index is 0.116. The highest BCUT2D eigenvalue weighted by Gasteiger charge is 2.29. The summed E-state index contributed by atoms with van der Waals surface area (Å²) in [5.41, 5.74) is 1.84. The first-order valence-corrected chi connectivity index (χ1v) is 16.8. The molecule has 2 aromatic rings. The molecule has 0 saturated heterocycles. The normalized spacial score (nSPS) is 15.0. The first kappa shape index (κ1) is 30.4. The predicted molar refractivity (Wildman–Crippen MR) is 170 cm³/mol. The Bertz CT molecular complexity index is 1280. The van der Waals surface area contributed by atoms with E-state index in [1.54, 1.807) is 0 Å². The van der Waals surface area contributed by atoms with Gasteiger partial charge in [-0.1, -0.05) is 24.4 Å². The van der Waals surface area contributed by atoms with E-state index in [-0.39, 0.29) is 35.5 Å². The van der Waals surface area contributed by atoms with Crippen molar-refractivity contribution in [2.75, 3.05) is 11.5 Å². The molecule has 0 fully saturated rings. The zero-order chi connectivity index (χ0) is 27.8. The van der Waals surface area contributed by atoms with E-state index in [4.69, 9.17) is 49.7 Å². The van der Waals surface area contributed by atoms with Gasteiger partial charge in [0.15, 0.2) is 0 Å². The molecule has 2 aromatic heterocycles. The number of thiol groups is 2. The van der Waals surface area contributed by atoms with Crippen molar-refractivity contribution in [1.29, 1.82) is 0 Å². The number of nitrogens with zero attached hydrogens (tertiary/aromatic N) is 2. The predicted octanol–water partition coefficient (Wildman–Crippen LogP) is 8.27. The van der Waals surface area contributed by atoms with Crippen LogP contribution < -0.4 is 0 Å². The third-order valence-corrected chi connectivity index (χ3v) is 11.4. The number of pyridine rings is 2. The lowest BCUT2D eigenvalue weighted by Gasteiger charge is -2.31. The molecule has 4 rings (SSSR count). The standard InChI is InChI=1S/C28H36N2O2S6/c1-27(2,29-23(33)15-21-19(25(29)35)9-13-37-21)11-7-17(31)5-6-18(32)8-12-28(3,4)30-24(34)16-22-20(26(30)36)10-14-38-22/h15-16,35-36H,5-14H2,1-4H3. The molecular weight excluding hydrogens is 589 g/mol. The summed E-state index contributed by atoms with van der Waals surface area (Å²) < 4.78 is 5.69. The van der Waals surface area contributed by atoms with Crippen LogP contribution in [0.1, 0.15) is 77.3 Å². The molecule has 0 amide bonds. The Balaban J connectivity index is 1.30. The maximum atomic E-state index is 12.8. The molecule has 38 heavy (non-hydrogen) atoms. The first-order valence-electron chi connectivity index (χ1n) is 13.1. The Morgan fingerprint density at radius 1 is 0.763 bits per heavy atom. The van der Waals surface area contributed by atoms with Crippen LogP contribution in [0.5, 0.6) is 0 Å². The van der Waals surface area contributed by atoms with Crippen LogP contribution >= 0.6 is 73.2 Å². The van der Waals surface area contributed by atoms with Gasteiger partial charge in [-0.2, -0.15) is 0 Å². The van der Waals surface area contributed by atoms with Crippen molar-refractivity contribution in [1.82, 2.24) is 9.13 Å². The Kier molecular flexibility index (Phi) is 9.73. The number of rotatable bonds is 11. The number of thioether (sulfide) groups is 2. The molecule has 0 N–H and O–H groups in total. The lowest BCUT2D eigenvalue weighted by molar-refractivity contribution is -0.124. The Hall–Kier alpha value is -0.520. The zero-order valence-electron chi connectivity index (χ0n) is 22.5. The largest absolute Gasteiger partial charge is 0.322 e. The maximum Gasteiger partial charge on any atom is 0.133 e. The van der Waals surface area contributed by atoms with Gasteiger partial charge in [-0.15, -0.1) is 48.8 Å². The first-order chi connectivity index (χ1) is 17.8. The van der Waals surface area contributed by atoms with Gasteiger partial charge in [0.05, 0.1) is 10.1 Å². The second-order valence-corrected chi connectivity index (χ2v) is 15.3. The molecule has 0 bridgehead atoms. The monoisotopic (exact) mass is 624 g/mol. The van der Waals surface area contributed by atoms with E-state index in [1.165, 1.54) is 20.9 Å². The van der Waals surface area contributed by atoms with E-state index in [1.807, 2.05) is 23.5 Å². The number of ketones is 2. The van der Waals surface area contributed by atoms with E-state index < -0.39 is 0 Å². The van der Waals surface area contributed by atoms with Crippen molar-refractivity contribution >= 4 is 84.8 Å². The molecule has 4 heterocycles. The lowest BCUT2D eigenvalue weighted by atomic mass is 9.92. The van der Waals surface area contributed by atoms with Crippen LogP contribution in [0.15, 0.2) is 32.0 Å². The average molecular weight is 625 g/mol. The number of fused-ring (bicyclic) bond motifs is 2. The summed E-state index contributed by atoms with van der Waals surface area (Å²) in [6.07, 6.45) is 4.69. The zero-order valence-corrected chi connectivity index (χ0v) is 27.5. The summed E-state index contributed by atoms with van der Waals surface area (Å²) in [5, 5.41) is 1.83. The van der Waals surface area contributed by atoms with Crippen molar-refractivity contribution in [3.8, 4) is 0 Å². The summed E-state index contributed by atoms with van der Waals surface area (Å²) in [4.78, 5) is 28.0. The highest BCUT2D eigenvalue weighted by Crippen LogP contribution is 2.40. The molecular formula is C28H36N2O2S6. The van der Waals surface area contributed by atoms with Gasteiger partial charge in [0, 0.05) is 58.1 Å². The van der Waals surface area contributed by atoms with Crippen molar-refractivity contribution in [2.45, 2.75) is 110 Å². The highest BCUT2D eigenvalue weighted by atomic mass is 32.2. The Morgan fingerprint density at radius 3 is 1.50 bits per heavy atom. The van der Waals surface area contributed by atoms with Crippen molar-refractivity contribution in [3.63, 3.8) is 0 Å². The summed E-state index contributed by atoms with van der Waals surface area (Å²) in [5.74, 6) is 2.35. The molecule has 2 aliphatic rings. The fourth-order valence-electron chi connectivity index (χ4n) is 5.29. The molecule has 0 aliphatic carbocycles. The Labute approximate surface area is 256 Å². The number of carbonyl (C=O) groups excluding carboxylic acids is 2. The average Bonchev–Trinajstić information content (AvgIpc) is 3.49. The summed E-state index contributed by atoms with van der Waals surface area (Å²) in [6.45, 7) is 8.43. The van der Waals surface area contributed by atoms with Gasteiger partial charge in [-0.25, -0.2) is 0 Å². The molecule has 206 valence electrons.